The van der Waals surface area contributed by atoms with Crippen LogP contribution >= 0.6 is 0 Å². The molecule has 1 N–H and O–H groups in total. The first-order valence-corrected chi connectivity index (χ1v) is 5.81. The number of hydrogen-bond acceptors (Lipinski definition) is 3. The number of carbonyl (C=O) groups excluding carboxylic acids is 1. The predicted molar refractivity (Wildman–Crippen MR) is 49.7 cm³/mol. The van der Waals surface area contributed by atoms with E-state index < -0.39 is 17.9 Å². The van der Waals surface area contributed by atoms with Crippen molar-refractivity contribution in [3.63, 3.8) is 0 Å². The summed E-state index contributed by atoms with van der Waals surface area (Å²) in [4.78, 5) is 20.7. The van der Waals surface area contributed by atoms with Gasteiger partial charge in [0.2, 0.25) is 0 Å². The molecule has 0 aromatic rings. The SMILES string of the molecule is CCOC(=O)C(C)C(=O)O.C[CH2][Na]. The Balaban J connectivity index is 0. The summed E-state index contributed by atoms with van der Waals surface area (Å²) < 4.78 is 5.83. The van der Waals surface area contributed by atoms with Gasteiger partial charge in [-0.25, -0.2) is 0 Å². The van der Waals surface area contributed by atoms with Crippen molar-refractivity contribution < 1.29 is 19.4 Å². The van der Waals surface area contributed by atoms with Gasteiger partial charge in [-0.1, -0.05) is 0 Å². The monoisotopic (exact) mass is 198 g/mol. The van der Waals surface area contributed by atoms with Gasteiger partial charge < -0.3 is 9.84 Å². The van der Waals surface area contributed by atoms with Crippen LogP contribution in [0.2, 0.25) is 3.67 Å². The Morgan fingerprint density at radius 3 is 2.08 bits per heavy atom. The number of carboxylic acids is 1. The van der Waals surface area contributed by atoms with E-state index in [1.54, 1.807) is 6.92 Å². The van der Waals surface area contributed by atoms with Gasteiger partial charge in [0.15, 0.2) is 5.92 Å². The second-order valence-electron chi connectivity index (χ2n) is 2.52. The maximum atomic E-state index is 10.6. The summed E-state index contributed by atoms with van der Waals surface area (Å²) in [6, 6.07) is 0. The number of rotatable bonds is 3. The third-order valence-electron chi connectivity index (χ3n) is 1.01. The molecule has 1 atom stereocenters. The van der Waals surface area contributed by atoms with Crippen molar-refractivity contribution in [3.05, 3.63) is 0 Å². The Kier molecular flexibility index (Phi) is 11.9. The quantitative estimate of drug-likeness (QED) is 0.415. The Labute approximate surface area is 96.1 Å². The van der Waals surface area contributed by atoms with Crippen LogP contribution in [0.25, 0.3) is 0 Å². The first-order valence-electron chi connectivity index (χ1n) is 4.40. The molecular formula is C8H15NaO4. The van der Waals surface area contributed by atoms with Crippen LogP contribution in [0.3, 0.4) is 0 Å². The molecule has 0 rings (SSSR count). The summed E-state index contributed by atoms with van der Waals surface area (Å²) in [7, 11) is 0. The molecule has 0 radical (unpaired) electrons. The number of hydrogen-bond donors (Lipinski definition) is 1. The summed E-state index contributed by atoms with van der Waals surface area (Å²) in [6.45, 7) is 5.33. The Hall–Kier alpha value is -0.0600. The minimum absolute atomic E-state index is 0.219. The fourth-order valence-corrected chi connectivity index (χ4v) is 0.368. The van der Waals surface area contributed by atoms with E-state index >= 15 is 0 Å². The zero-order chi connectivity index (χ0) is 10.9. The van der Waals surface area contributed by atoms with Crippen LogP contribution in [0.4, 0.5) is 0 Å². The molecule has 13 heavy (non-hydrogen) atoms. The van der Waals surface area contributed by atoms with Crippen molar-refractivity contribution in [2.45, 2.75) is 24.4 Å². The third-order valence-corrected chi connectivity index (χ3v) is 1.01. The first-order chi connectivity index (χ1) is 6.01. The van der Waals surface area contributed by atoms with Crippen LogP contribution in [0.15, 0.2) is 0 Å². The molecule has 0 aromatic carbocycles. The molecule has 0 saturated carbocycles. The molecule has 0 aliphatic carbocycles. The molecule has 0 spiro atoms. The zero-order valence-corrected chi connectivity index (χ0v) is 10.7. The normalized spacial score (nSPS) is 10.8. The van der Waals surface area contributed by atoms with Crippen LogP contribution in [-0.2, 0) is 14.3 Å². The minimum atomic E-state index is -1.15. The van der Waals surface area contributed by atoms with Crippen LogP contribution in [-0.4, -0.2) is 51.6 Å². The van der Waals surface area contributed by atoms with Gasteiger partial charge in [0.05, 0.1) is 6.61 Å². The summed E-state index contributed by atoms with van der Waals surface area (Å²) in [6.07, 6.45) is 0. The van der Waals surface area contributed by atoms with E-state index in [0.29, 0.717) is 0 Å². The average Bonchev–Trinajstić information content (AvgIpc) is 2.04. The molecule has 1 unspecified atom stereocenters. The molecule has 0 heterocycles. The van der Waals surface area contributed by atoms with Crippen molar-refractivity contribution in [1.29, 1.82) is 0 Å². The van der Waals surface area contributed by atoms with E-state index in [2.05, 4.69) is 11.7 Å². The Morgan fingerprint density at radius 1 is 1.46 bits per heavy atom. The summed E-state index contributed by atoms with van der Waals surface area (Å²) in [5.74, 6) is -2.89. The zero-order valence-electron chi connectivity index (χ0n) is 8.66. The maximum absolute atomic E-state index is 10.6. The van der Waals surface area contributed by atoms with E-state index in [9.17, 15) is 9.59 Å². The van der Waals surface area contributed by atoms with Crippen molar-refractivity contribution in [1.82, 2.24) is 0 Å². The molecule has 0 aliphatic rings. The van der Waals surface area contributed by atoms with Gasteiger partial charge >= 0.3 is 50.5 Å². The number of aliphatic carboxylic acids is 1. The average molecular weight is 198 g/mol. The van der Waals surface area contributed by atoms with E-state index in [-0.39, 0.29) is 6.61 Å². The number of carboxylic acid groups (broad SMARTS) is 1. The van der Waals surface area contributed by atoms with Gasteiger partial charge in [-0.2, -0.15) is 0 Å². The molecular weight excluding hydrogens is 183 g/mol. The molecule has 5 heteroatoms. The summed E-state index contributed by atoms with van der Waals surface area (Å²) in [5, 5.41) is 8.28. The van der Waals surface area contributed by atoms with Crippen molar-refractivity contribution in [3.8, 4) is 0 Å². The second kappa shape index (κ2) is 10.0. The fourth-order valence-electron chi connectivity index (χ4n) is 0.368. The molecule has 72 valence electrons. The van der Waals surface area contributed by atoms with Gasteiger partial charge in [-0.3, -0.25) is 9.59 Å². The number of carbonyl (C=O) groups is 2. The van der Waals surface area contributed by atoms with Gasteiger partial charge in [0.25, 0.3) is 0 Å². The molecule has 0 bridgehead atoms. The van der Waals surface area contributed by atoms with Gasteiger partial charge in [-0.05, 0) is 13.8 Å². The Bertz CT molecular complexity index is 158. The van der Waals surface area contributed by atoms with E-state index in [0.717, 1.165) is 0 Å². The molecule has 0 aromatic heterocycles. The molecule has 0 amide bonds. The van der Waals surface area contributed by atoms with Crippen LogP contribution in [0.1, 0.15) is 20.8 Å². The van der Waals surface area contributed by atoms with E-state index in [1.165, 1.54) is 38.5 Å². The Morgan fingerprint density at radius 2 is 1.85 bits per heavy atom. The fraction of sp³-hybridized carbons (Fsp3) is 0.750. The topological polar surface area (TPSA) is 63.6 Å². The first kappa shape index (κ1) is 15.4. The molecule has 0 aliphatic heterocycles. The molecule has 0 saturated heterocycles. The second-order valence-corrected chi connectivity index (χ2v) is 3.93. The van der Waals surface area contributed by atoms with Crippen LogP contribution in [0, 0.1) is 5.92 Å². The van der Waals surface area contributed by atoms with Gasteiger partial charge in [0.1, 0.15) is 0 Å². The summed E-state index contributed by atoms with van der Waals surface area (Å²) in [5.41, 5.74) is 0. The standard InChI is InChI=1S/C6H10O4.C2H5.Na/c1-3-10-6(9)4(2)5(7)8;1-2;/h4H,3H2,1-2H3,(H,7,8);1H2,2H3;. The number of ether oxygens (including phenoxy) is 1. The van der Waals surface area contributed by atoms with Crippen LogP contribution < -0.4 is 0 Å². The van der Waals surface area contributed by atoms with E-state index in [4.69, 9.17) is 5.11 Å². The van der Waals surface area contributed by atoms with Crippen molar-refractivity contribution >= 4 is 39.9 Å². The van der Waals surface area contributed by atoms with Crippen LogP contribution in [0.5, 0.6) is 0 Å². The van der Waals surface area contributed by atoms with Crippen molar-refractivity contribution in [2.24, 2.45) is 5.92 Å². The van der Waals surface area contributed by atoms with Gasteiger partial charge in [0, 0.05) is 0 Å². The number of esters is 1. The molecule has 0 fully saturated rings. The summed E-state index contributed by atoms with van der Waals surface area (Å²) >= 11 is 1.37. The van der Waals surface area contributed by atoms with Crippen molar-refractivity contribution in [2.75, 3.05) is 6.61 Å². The van der Waals surface area contributed by atoms with E-state index in [1.807, 2.05) is 0 Å². The molecule has 4 nitrogen and oxygen atoms in total. The van der Waals surface area contributed by atoms with Gasteiger partial charge in [-0.15, -0.1) is 0 Å². The third kappa shape index (κ3) is 9.86. The predicted octanol–water partition coefficient (Wildman–Crippen LogP) is 0.863.